The molecule has 19 heavy (non-hydrogen) atoms. The maximum Gasteiger partial charge on any atom is 0.335 e. The second kappa shape index (κ2) is 5.32. The molecule has 0 atom stereocenters. The highest BCUT2D eigenvalue weighted by Gasteiger charge is 2.07. The summed E-state index contributed by atoms with van der Waals surface area (Å²) in [6.07, 6.45) is 0. The van der Waals surface area contributed by atoms with E-state index >= 15 is 0 Å². The maximum absolute atomic E-state index is 10.8. The van der Waals surface area contributed by atoms with Crippen LogP contribution in [0.5, 0.6) is 0 Å². The number of aromatic carboxylic acids is 1. The Bertz CT molecular complexity index is 641. The molecule has 0 radical (unpaired) electrons. The van der Waals surface area contributed by atoms with Gasteiger partial charge in [-0.2, -0.15) is 0 Å². The summed E-state index contributed by atoms with van der Waals surface area (Å²) in [7, 11) is 0. The second-order valence-corrected chi connectivity index (χ2v) is 5.11. The molecule has 0 fully saturated rings. The zero-order valence-corrected chi connectivity index (χ0v) is 11.9. The van der Waals surface area contributed by atoms with E-state index in [0.717, 1.165) is 15.7 Å². The molecule has 0 spiro atoms. The average Bonchev–Trinajstić information content (AvgIpc) is 2.34. The van der Waals surface area contributed by atoms with Crippen molar-refractivity contribution in [2.75, 3.05) is 11.1 Å². The van der Waals surface area contributed by atoms with Crippen LogP contribution in [0.2, 0.25) is 0 Å². The Hall–Kier alpha value is -2.01. The first-order valence-corrected chi connectivity index (χ1v) is 6.42. The topological polar surface area (TPSA) is 75.3 Å². The summed E-state index contributed by atoms with van der Waals surface area (Å²) in [5.41, 5.74) is 9.12. The van der Waals surface area contributed by atoms with Crippen LogP contribution in [0.15, 0.2) is 40.9 Å². The van der Waals surface area contributed by atoms with Crippen molar-refractivity contribution in [1.82, 2.24) is 0 Å². The monoisotopic (exact) mass is 320 g/mol. The lowest BCUT2D eigenvalue weighted by molar-refractivity contribution is 0.0697. The van der Waals surface area contributed by atoms with Crippen molar-refractivity contribution < 1.29 is 9.90 Å². The fourth-order valence-corrected chi connectivity index (χ4v) is 2.20. The Labute approximate surface area is 119 Å². The van der Waals surface area contributed by atoms with Crippen LogP contribution < -0.4 is 11.1 Å². The van der Waals surface area contributed by atoms with Gasteiger partial charge in [-0.25, -0.2) is 4.79 Å². The molecule has 2 aromatic carbocycles. The molecule has 2 aromatic rings. The number of rotatable bonds is 3. The molecule has 0 aliphatic carbocycles. The van der Waals surface area contributed by atoms with Gasteiger partial charge in [-0.3, -0.25) is 0 Å². The number of carbonyl (C=O) groups is 1. The number of halogens is 1. The molecule has 0 aromatic heterocycles. The van der Waals surface area contributed by atoms with Gasteiger partial charge in [-0.1, -0.05) is 15.9 Å². The predicted octanol–water partition coefficient (Wildman–Crippen LogP) is 3.78. The normalized spacial score (nSPS) is 10.2. The smallest absolute Gasteiger partial charge is 0.335 e. The maximum atomic E-state index is 10.8. The number of hydrogen-bond acceptors (Lipinski definition) is 3. The Morgan fingerprint density at radius 1 is 1.21 bits per heavy atom. The van der Waals surface area contributed by atoms with E-state index in [1.807, 2.05) is 25.1 Å². The van der Waals surface area contributed by atoms with Crippen molar-refractivity contribution in [3.63, 3.8) is 0 Å². The van der Waals surface area contributed by atoms with Crippen molar-refractivity contribution >= 4 is 39.0 Å². The van der Waals surface area contributed by atoms with Crippen LogP contribution in [0.1, 0.15) is 15.9 Å². The van der Waals surface area contributed by atoms with Crippen LogP contribution in [0.25, 0.3) is 0 Å². The van der Waals surface area contributed by atoms with Crippen molar-refractivity contribution in [2.24, 2.45) is 0 Å². The predicted molar refractivity (Wildman–Crippen MR) is 80.0 cm³/mol. The molecule has 0 aliphatic rings. The first kappa shape index (κ1) is 13.4. The van der Waals surface area contributed by atoms with Gasteiger partial charge in [0.2, 0.25) is 0 Å². The lowest BCUT2D eigenvalue weighted by Crippen LogP contribution is -2.02. The molecule has 0 aliphatic heterocycles. The number of carboxylic acid groups (broad SMARTS) is 1. The molecule has 0 bridgehead atoms. The van der Waals surface area contributed by atoms with Gasteiger partial charge in [0.05, 0.1) is 16.9 Å². The van der Waals surface area contributed by atoms with Gasteiger partial charge in [0.15, 0.2) is 0 Å². The number of hydrogen-bond donors (Lipinski definition) is 3. The minimum Gasteiger partial charge on any atom is -0.478 e. The van der Waals surface area contributed by atoms with E-state index in [1.165, 1.54) is 12.1 Å². The number of benzene rings is 2. The molecule has 2 rings (SSSR count). The number of nitrogens with one attached hydrogen (secondary N) is 1. The number of aryl methyl sites for hydroxylation is 1. The van der Waals surface area contributed by atoms with Gasteiger partial charge >= 0.3 is 5.97 Å². The van der Waals surface area contributed by atoms with E-state index in [2.05, 4.69) is 21.2 Å². The molecule has 98 valence electrons. The van der Waals surface area contributed by atoms with E-state index in [0.29, 0.717) is 11.4 Å². The Morgan fingerprint density at radius 2 is 1.89 bits per heavy atom. The summed E-state index contributed by atoms with van der Waals surface area (Å²) in [5, 5.41) is 12.1. The third-order valence-electron chi connectivity index (χ3n) is 2.76. The zero-order valence-electron chi connectivity index (χ0n) is 10.3. The van der Waals surface area contributed by atoms with E-state index in [9.17, 15) is 4.79 Å². The lowest BCUT2D eigenvalue weighted by Gasteiger charge is -2.12. The van der Waals surface area contributed by atoms with Crippen LogP contribution in [-0.4, -0.2) is 11.1 Å². The van der Waals surface area contributed by atoms with Crippen molar-refractivity contribution in [1.29, 1.82) is 0 Å². The Kier molecular flexibility index (Phi) is 3.76. The summed E-state index contributed by atoms with van der Waals surface area (Å²) < 4.78 is 1.00. The zero-order chi connectivity index (χ0) is 14.0. The average molecular weight is 321 g/mol. The fourth-order valence-electron chi connectivity index (χ4n) is 1.72. The SMILES string of the molecule is Cc1cc(Br)ccc1Nc1ccc(C(=O)O)cc1N. The van der Waals surface area contributed by atoms with Crippen molar-refractivity contribution in [3.8, 4) is 0 Å². The summed E-state index contributed by atoms with van der Waals surface area (Å²) in [5.74, 6) is -0.988. The molecular weight excluding hydrogens is 308 g/mol. The van der Waals surface area contributed by atoms with Crippen LogP contribution in [-0.2, 0) is 0 Å². The Balaban J connectivity index is 2.31. The second-order valence-electron chi connectivity index (χ2n) is 4.19. The van der Waals surface area contributed by atoms with Crippen LogP contribution in [0.3, 0.4) is 0 Å². The van der Waals surface area contributed by atoms with Gasteiger partial charge in [0, 0.05) is 10.2 Å². The summed E-state index contributed by atoms with van der Waals surface area (Å²) >= 11 is 3.40. The highest BCUT2D eigenvalue weighted by molar-refractivity contribution is 9.10. The number of carboxylic acids is 1. The van der Waals surface area contributed by atoms with Crippen molar-refractivity contribution in [3.05, 3.63) is 52.0 Å². The molecular formula is C14H13BrN2O2. The molecule has 0 heterocycles. The highest BCUT2D eigenvalue weighted by atomic mass is 79.9. The molecule has 0 saturated heterocycles. The van der Waals surface area contributed by atoms with Crippen molar-refractivity contribution in [2.45, 2.75) is 6.92 Å². The van der Waals surface area contributed by atoms with Gasteiger partial charge in [0.25, 0.3) is 0 Å². The van der Waals surface area contributed by atoms with Gasteiger partial charge in [-0.05, 0) is 48.9 Å². The number of nitrogen functional groups attached to an aromatic ring is 1. The lowest BCUT2D eigenvalue weighted by atomic mass is 10.1. The largest absolute Gasteiger partial charge is 0.478 e. The molecule has 0 unspecified atom stereocenters. The molecule has 4 N–H and O–H groups in total. The van der Waals surface area contributed by atoms with Crippen LogP contribution in [0, 0.1) is 6.92 Å². The first-order valence-electron chi connectivity index (χ1n) is 5.63. The quantitative estimate of drug-likeness (QED) is 0.752. The van der Waals surface area contributed by atoms with Gasteiger partial charge < -0.3 is 16.2 Å². The summed E-state index contributed by atoms with van der Waals surface area (Å²) in [6, 6.07) is 10.5. The van der Waals surface area contributed by atoms with E-state index in [1.54, 1.807) is 6.07 Å². The molecule has 5 heteroatoms. The third kappa shape index (κ3) is 3.06. The number of nitrogens with two attached hydrogens (primary N) is 1. The summed E-state index contributed by atoms with van der Waals surface area (Å²) in [4.78, 5) is 10.8. The van der Waals surface area contributed by atoms with E-state index in [-0.39, 0.29) is 5.56 Å². The molecule has 4 nitrogen and oxygen atoms in total. The van der Waals surface area contributed by atoms with E-state index in [4.69, 9.17) is 10.8 Å². The van der Waals surface area contributed by atoms with Crippen LogP contribution in [0.4, 0.5) is 17.1 Å². The first-order chi connectivity index (χ1) is 8.97. The Morgan fingerprint density at radius 3 is 2.47 bits per heavy atom. The minimum atomic E-state index is -0.988. The van der Waals surface area contributed by atoms with Gasteiger partial charge in [0.1, 0.15) is 0 Å². The molecule has 0 amide bonds. The highest BCUT2D eigenvalue weighted by Crippen LogP contribution is 2.27. The van der Waals surface area contributed by atoms with Crippen LogP contribution >= 0.6 is 15.9 Å². The number of anilines is 3. The third-order valence-corrected chi connectivity index (χ3v) is 3.25. The fraction of sp³-hybridized carbons (Fsp3) is 0.0714. The molecule has 0 saturated carbocycles. The van der Waals surface area contributed by atoms with Gasteiger partial charge in [-0.15, -0.1) is 0 Å². The summed E-state index contributed by atoms with van der Waals surface area (Å²) in [6.45, 7) is 1.98. The standard InChI is InChI=1S/C14H13BrN2O2/c1-8-6-10(15)3-5-12(8)17-13-4-2-9(14(18)19)7-11(13)16/h2-7,17H,16H2,1H3,(H,18,19). The van der Waals surface area contributed by atoms with E-state index < -0.39 is 5.97 Å². The minimum absolute atomic E-state index is 0.176.